The van der Waals surface area contributed by atoms with Gasteiger partial charge in [-0.2, -0.15) is 0 Å². The van der Waals surface area contributed by atoms with E-state index in [1.807, 2.05) is 0 Å². The molecule has 2 heteroatoms. The Morgan fingerprint density at radius 1 is 1.13 bits per heavy atom. The second-order valence-corrected chi connectivity index (χ2v) is 5.76. The van der Waals surface area contributed by atoms with Crippen LogP contribution in [-0.4, -0.2) is 36.6 Å². The molecule has 0 fully saturated rings. The first-order chi connectivity index (χ1) is 6.79. The summed E-state index contributed by atoms with van der Waals surface area (Å²) in [6.45, 7) is 19.2. The number of hydrogen-bond donors (Lipinski definition) is 1. The van der Waals surface area contributed by atoms with E-state index in [9.17, 15) is 0 Å². The van der Waals surface area contributed by atoms with Crippen LogP contribution in [0.1, 0.15) is 48.5 Å². The van der Waals surface area contributed by atoms with E-state index in [0.717, 1.165) is 19.6 Å². The highest BCUT2D eigenvalue weighted by Gasteiger charge is 2.19. The Morgan fingerprint density at radius 3 is 2.00 bits per heavy atom. The molecule has 2 nitrogen and oxygen atoms in total. The molecule has 0 bridgehead atoms. The first-order valence-electron chi connectivity index (χ1n) is 6.26. The fraction of sp³-hybridized carbons (Fsp3) is 1.00. The molecule has 0 amide bonds. The van der Waals surface area contributed by atoms with Crippen molar-refractivity contribution in [2.75, 3.05) is 19.6 Å². The van der Waals surface area contributed by atoms with Gasteiger partial charge < -0.3 is 5.32 Å². The molecule has 0 saturated carbocycles. The Kier molecular flexibility index (Phi) is 6.46. The van der Waals surface area contributed by atoms with Gasteiger partial charge in [0.25, 0.3) is 0 Å². The van der Waals surface area contributed by atoms with Crippen LogP contribution in [0.2, 0.25) is 0 Å². The summed E-state index contributed by atoms with van der Waals surface area (Å²) in [6, 6.07) is 1.23. The highest BCUT2D eigenvalue weighted by Crippen LogP contribution is 2.18. The standard InChI is InChI=1S/C13H30N2/c1-8-15(11(2)3)10-9-14-12(4)13(5,6)7/h11-12,14H,8-10H2,1-7H3. The molecular formula is C13H30N2. The molecule has 0 aliphatic heterocycles. The molecule has 0 aromatic carbocycles. The number of nitrogens with one attached hydrogen (secondary N) is 1. The van der Waals surface area contributed by atoms with Gasteiger partial charge in [0.2, 0.25) is 0 Å². The van der Waals surface area contributed by atoms with E-state index in [0.29, 0.717) is 17.5 Å². The molecule has 0 aliphatic carbocycles. The zero-order valence-corrected chi connectivity index (χ0v) is 11.7. The second kappa shape index (κ2) is 6.49. The van der Waals surface area contributed by atoms with Gasteiger partial charge in [0.1, 0.15) is 0 Å². The van der Waals surface area contributed by atoms with Gasteiger partial charge >= 0.3 is 0 Å². The van der Waals surface area contributed by atoms with E-state index < -0.39 is 0 Å². The highest BCUT2D eigenvalue weighted by atomic mass is 15.2. The predicted octanol–water partition coefficient (Wildman–Crippen LogP) is 2.74. The lowest BCUT2D eigenvalue weighted by Crippen LogP contribution is -2.43. The molecule has 0 aromatic rings. The molecule has 0 aromatic heterocycles. The van der Waals surface area contributed by atoms with Gasteiger partial charge in [-0.25, -0.2) is 0 Å². The fourth-order valence-electron chi connectivity index (χ4n) is 1.51. The SMILES string of the molecule is CCN(CCNC(C)C(C)(C)C)C(C)C. The summed E-state index contributed by atoms with van der Waals surface area (Å²) >= 11 is 0. The van der Waals surface area contributed by atoms with Gasteiger partial charge in [-0.05, 0) is 32.7 Å². The summed E-state index contributed by atoms with van der Waals surface area (Å²) in [5.41, 5.74) is 0.356. The molecule has 0 aliphatic rings. The monoisotopic (exact) mass is 214 g/mol. The van der Waals surface area contributed by atoms with Crippen LogP contribution in [0.4, 0.5) is 0 Å². The maximum absolute atomic E-state index is 3.60. The van der Waals surface area contributed by atoms with Crippen molar-refractivity contribution in [2.45, 2.75) is 60.5 Å². The third-order valence-corrected chi connectivity index (χ3v) is 3.29. The lowest BCUT2D eigenvalue weighted by molar-refractivity contribution is 0.216. The molecule has 1 unspecified atom stereocenters. The summed E-state index contributed by atoms with van der Waals surface area (Å²) in [6.07, 6.45) is 0. The first-order valence-corrected chi connectivity index (χ1v) is 6.26. The van der Waals surface area contributed by atoms with E-state index in [1.165, 1.54) is 0 Å². The van der Waals surface area contributed by atoms with Crippen molar-refractivity contribution in [3.63, 3.8) is 0 Å². The van der Waals surface area contributed by atoms with Crippen LogP contribution in [0.3, 0.4) is 0 Å². The Bertz CT molecular complexity index is 156. The summed E-state index contributed by atoms with van der Waals surface area (Å²) in [5.74, 6) is 0. The molecular weight excluding hydrogens is 184 g/mol. The highest BCUT2D eigenvalue weighted by molar-refractivity contribution is 4.76. The van der Waals surface area contributed by atoms with Crippen LogP contribution in [0.15, 0.2) is 0 Å². The Morgan fingerprint density at radius 2 is 1.67 bits per heavy atom. The summed E-state index contributed by atoms with van der Waals surface area (Å²) in [4.78, 5) is 2.49. The quantitative estimate of drug-likeness (QED) is 0.731. The van der Waals surface area contributed by atoms with Crippen molar-refractivity contribution >= 4 is 0 Å². The molecule has 0 spiro atoms. The van der Waals surface area contributed by atoms with Crippen LogP contribution in [0.5, 0.6) is 0 Å². The van der Waals surface area contributed by atoms with Crippen molar-refractivity contribution in [1.82, 2.24) is 10.2 Å². The van der Waals surface area contributed by atoms with E-state index in [1.54, 1.807) is 0 Å². The summed E-state index contributed by atoms with van der Waals surface area (Å²) in [5, 5.41) is 3.60. The second-order valence-electron chi connectivity index (χ2n) is 5.76. The first kappa shape index (κ1) is 14.9. The lowest BCUT2D eigenvalue weighted by Gasteiger charge is -2.30. The summed E-state index contributed by atoms with van der Waals surface area (Å²) in [7, 11) is 0. The lowest BCUT2D eigenvalue weighted by atomic mass is 9.88. The topological polar surface area (TPSA) is 15.3 Å². The maximum Gasteiger partial charge on any atom is 0.0110 e. The Hall–Kier alpha value is -0.0800. The third-order valence-electron chi connectivity index (χ3n) is 3.29. The van der Waals surface area contributed by atoms with Gasteiger partial charge in [0, 0.05) is 25.2 Å². The van der Waals surface area contributed by atoms with Crippen molar-refractivity contribution in [3.05, 3.63) is 0 Å². The van der Waals surface area contributed by atoms with Gasteiger partial charge in [0.05, 0.1) is 0 Å². The number of likely N-dealkylation sites (N-methyl/N-ethyl adjacent to an activating group) is 1. The summed E-state index contributed by atoms with van der Waals surface area (Å²) < 4.78 is 0. The van der Waals surface area contributed by atoms with E-state index in [2.05, 4.69) is 58.7 Å². The van der Waals surface area contributed by atoms with Crippen molar-refractivity contribution in [3.8, 4) is 0 Å². The number of nitrogens with zero attached hydrogens (tertiary/aromatic N) is 1. The van der Waals surface area contributed by atoms with Crippen LogP contribution < -0.4 is 5.32 Å². The third kappa shape index (κ3) is 6.16. The van der Waals surface area contributed by atoms with Gasteiger partial charge in [-0.3, -0.25) is 4.90 Å². The van der Waals surface area contributed by atoms with Crippen molar-refractivity contribution < 1.29 is 0 Å². The van der Waals surface area contributed by atoms with E-state index >= 15 is 0 Å². The molecule has 0 heterocycles. The van der Waals surface area contributed by atoms with E-state index in [-0.39, 0.29) is 0 Å². The molecule has 0 rings (SSSR count). The van der Waals surface area contributed by atoms with Crippen LogP contribution >= 0.6 is 0 Å². The average molecular weight is 214 g/mol. The smallest absolute Gasteiger partial charge is 0.0110 e. The van der Waals surface area contributed by atoms with Crippen LogP contribution in [0, 0.1) is 5.41 Å². The minimum Gasteiger partial charge on any atom is -0.312 e. The Labute approximate surface area is 96.4 Å². The van der Waals surface area contributed by atoms with Gasteiger partial charge in [0.15, 0.2) is 0 Å². The molecule has 92 valence electrons. The minimum absolute atomic E-state index is 0.356. The minimum atomic E-state index is 0.356. The van der Waals surface area contributed by atoms with E-state index in [4.69, 9.17) is 0 Å². The normalized spacial score (nSPS) is 15.0. The van der Waals surface area contributed by atoms with Crippen LogP contribution in [0.25, 0.3) is 0 Å². The largest absolute Gasteiger partial charge is 0.312 e. The zero-order chi connectivity index (χ0) is 12.1. The molecule has 0 saturated heterocycles. The predicted molar refractivity (Wildman–Crippen MR) is 69.3 cm³/mol. The van der Waals surface area contributed by atoms with Gasteiger partial charge in [-0.1, -0.05) is 27.7 Å². The van der Waals surface area contributed by atoms with Crippen molar-refractivity contribution in [1.29, 1.82) is 0 Å². The average Bonchev–Trinajstić information content (AvgIpc) is 2.09. The van der Waals surface area contributed by atoms with Crippen LogP contribution in [-0.2, 0) is 0 Å². The van der Waals surface area contributed by atoms with Gasteiger partial charge in [-0.15, -0.1) is 0 Å². The molecule has 1 atom stereocenters. The fourth-order valence-corrected chi connectivity index (χ4v) is 1.51. The molecule has 1 N–H and O–H groups in total. The number of hydrogen-bond acceptors (Lipinski definition) is 2. The number of rotatable bonds is 6. The van der Waals surface area contributed by atoms with Crippen molar-refractivity contribution in [2.24, 2.45) is 5.41 Å². The maximum atomic E-state index is 3.60. The Balaban J connectivity index is 3.78. The zero-order valence-electron chi connectivity index (χ0n) is 11.7. The molecule has 0 radical (unpaired) electrons. The molecule has 15 heavy (non-hydrogen) atoms.